The van der Waals surface area contributed by atoms with Crippen LogP contribution in [0.15, 0.2) is 29.6 Å². The lowest BCUT2D eigenvalue weighted by Gasteiger charge is -2.32. The van der Waals surface area contributed by atoms with Gasteiger partial charge < -0.3 is 20.3 Å². The molecule has 0 saturated carbocycles. The van der Waals surface area contributed by atoms with Crippen LogP contribution in [-0.4, -0.2) is 86.1 Å². The average Bonchev–Trinajstić information content (AvgIpc) is 3.59. The maximum atomic E-state index is 11.7. The lowest BCUT2D eigenvalue weighted by Crippen LogP contribution is -2.43. The number of carbonyl (C=O) groups excluding carboxylic acids is 1. The fourth-order valence-corrected chi connectivity index (χ4v) is 5.46. The van der Waals surface area contributed by atoms with Crippen molar-refractivity contribution in [2.45, 2.75) is 13.0 Å². The number of hydrogen-bond donors (Lipinski definition) is 3. The van der Waals surface area contributed by atoms with Crippen LogP contribution in [0.1, 0.15) is 21.6 Å². The Kier molecular flexibility index (Phi) is 7.68. The number of aromatic amines is 1. The summed E-state index contributed by atoms with van der Waals surface area (Å²) in [5.41, 5.74) is 8.49. The normalized spacial score (nSPS) is 15.2. The zero-order valence-electron chi connectivity index (χ0n) is 20.8. The molecule has 1 aromatic carbocycles. The Morgan fingerprint density at radius 2 is 2.08 bits per heavy atom. The van der Waals surface area contributed by atoms with E-state index in [0.717, 1.165) is 61.0 Å². The number of amides is 2. The maximum Gasteiger partial charge on any atom is 0.315 e. The summed E-state index contributed by atoms with van der Waals surface area (Å²) in [7, 11) is 3.79. The second kappa shape index (κ2) is 11.3. The van der Waals surface area contributed by atoms with Gasteiger partial charge in [0.15, 0.2) is 0 Å². The minimum absolute atomic E-state index is 0.244. The first-order valence-electron chi connectivity index (χ1n) is 12.3. The number of piperazine rings is 1. The van der Waals surface area contributed by atoms with Crippen molar-refractivity contribution in [1.82, 2.24) is 30.6 Å². The van der Waals surface area contributed by atoms with Gasteiger partial charge in [-0.15, -0.1) is 11.3 Å². The van der Waals surface area contributed by atoms with E-state index >= 15 is 0 Å². The first-order chi connectivity index (χ1) is 17.6. The molecule has 1 fully saturated rings. The smallest absolute Gasteiger partial charge is 0.315 e. The molecule has 0 spiro atoms. The number of urea groups is 1. The van der Waals surface area contributed by atoms with E-state index in [1.165, 1.54) is 22.3 Å². The summed E-state index contributed by atoms with van der Waals surface area (Å²) in [6, 6.07) is 8.71. The lowest BCUT2D eigenvalue weighted by molar-refractivity contribution is 0.148. The Morgan fingerprint density at radius 3 is 2.92 bits per heavy atom. The number of methoxy groups -OCH3 is 1. The molecule has 1 saturated heterocycles. The van der Waals surface area contributed by atoms with Crippen molar-refractivity contribution in [3.63, 3.8) is 0 Å². The van der Waals surface area contributed by atoms with Crippen LogP contribution in [0, 0.1) is 11.8 Å². The molecule has 1 aliphatic carbocycles. The highest BCUT2D eigenvalue weighted by Gasteiger charge is 2.26. The highest BCUT2D eigenvalue weighted by molar-refractivity contribution is 7.11. The van der Waals surface area contributed by atoms with E-state index in [2.05, 4.69) is 79.2 Å². The summed E-state index contributed by atoms with van der Waals surface area (Å²) >= 11 is 1.59. The van der Waals surface area contributed by atoms with Crippen molar-refractivity contribution in [2.75, 3.05) is 60.0 Å². The van der Waals surface area contributed by atoms with Gasteiger partial charge >= 0.3 is 6.03 Å². The van der Waals surface area contributed by atoms with Crippen molar-refractivity contribution in [3.8, 4) is 34.4 Å². The Balaban J connectivity index is 1.21. The van der Waals surface area contributed by atoms with Gasteiger partial charge in [-0.25, -0.2) is 4.79 Å². The second-order valence-electron chi connectivity index (χ2n) is 9.28. The number of rotatable bonds is 7. The zero-order chi connectivity index (χ0) is 24.9. The first kappa shape index (κ1) is 24.5. The van der Waals surface area contributed by atoms with Crippen LogP contribution < -0.4 is 10.6 Å². The Bertz CT molecular complexity index is 1280. The molecule has 1 aliphatic heterocycles. The Hall–Kier alpha value is -3.16. The molecule has 0 atom stereocenters. The topological polar surface area (TPSA) is 85.5 Å². The third-order valence-electron chi connectivity index (χ3n) is 6.69. The van der Waals surface area contributed by atoms with Crippen molar-refractivity contribution < 1.29 is 9.53 Å². The number of likely N-dealkylation sites (N-methyl/N-ethyl adjacent to an activating group) is 1. The van der Waals surface area contributed by atoms with Crippen LogP contribution in [0.3, 0.4) is 0 Å². The number of benzene rings is 1. The summed E-state index contributed by atoms with van der Waals surface area (Å²) in [5, 5.41) is 15.5. The summed E-state index contributed by atoms with van der Waals surface area (Å²) in [6.07, 6.45) is 0.895. The van der Waals surface area contributed by atoms with E-state index in [-0.39, 0.29) is 12.6 Å². The summed E-state index contributed by atoms with van der Waals surface area (Å²) in [4.78, 5) is 17.6. The predicted octanol–water partition coefficient (Wildman–Crippen LogP) is 2.75. The molecule has 9 heteroatoms. The third kappa shape index (κ3) is 5.63. The SMILES string of the molecule is COCCNC(=O)NCC#Cc1cc(-c2n[nH]c3c2Cc2cc(CN4CCN(C)CC4)ccc2-3)cs1. The van der Waals surface area contributed by atoms with Crippen molar-refractivity contribution in [3.05, 3.63) is 51.2 Å². The average molecular weight is 505 g/mol. The number of carbonyl (C=O) groups is 1. The van der Waals surface area contributed by atoms with Gasteiger partial charge in [-0.1, -0.05) is 30.0 Å². The minimum Gasteiger partial charge on any atom is -0.383 e. The molecule has 0 bridgehead atoms. The standard InChI is InChI=1S/C27H32N6O2S/c1-32-9-11-33(12-10-32)17-19-5-6-23-20(14-19)16-24-25(30-31-26(23)24)21-15-22(36-18-21)4-3-7-28-27(34)29-8-13-35-2/h5-6,14-15,18H,7-13,16-17H2,1-2H3,(H,30,31)(H2,28,29,34). The van der Waals surface area contributed by atoms with E-state index < -0.39 is 0 Å². The quantitative estimate of drug-likeness (QED) is 0.266. The number of hydrogen-bond acceptors (Lipinski definition) is 6. The molecule has 3 aromatic rings. The van der Waals surface area contributed by atoms with Crippen molar-refractivity contribution in [1.29, 1.82) is 0 Å². The number of ether oxygens (including phenoxy) is 1. The van der Waals surface area contributed by atoms with Crippen molar-refractivity contribution >= 4 is 17.4 Å². The Labute approximate surface area is 216 Å². The monoisotopic (exact) mass is 504 g/mol. The van der Waals surface area contributed by atoms with Gasteiger partial charge in [-0.3, -0.25) is 10.00 Å². The largest absolute Gasteiger partial charge is 0.383 e. The molecule has 0 unspecified atom stereocenters. The molecule has 2 aliphatic rings. The molecule has 3 heterocycles. The number of fused-ring (bicyclic) bond motifs is 3. The number of nitrogens with one attached hydrogen (secondary N) is 3. The first-order valence-corrected chi connectivity index (χ1v) is 13.2. The fraction of sp³-hybridized carbons (Fsp3) is 0.407. The second-order valence-corrected chi connectivity index (χ2v) is 10.2. The van der Waals surface area contributed by atoms with Gasteiger partial charge in [0.25, 0.3) is 0 Å². The van der Waals surface area contributed by atoms with Gasteiger partial charge in [-0.05, 0) is 24.2 Å². The molecular formula is C27H32N6O2S. The molecule has 188 valence electrons. The van der Waals surface area contributed by atoms with E-state index in [1.807, 2.05) is 0 Å². The number of aromatic nitrogens is 2. The molecule has 0 radical (unpaired) electrons. The van der Waals surface area contributed by atoms with Crippen LogP contribution in [-0.2, 0) is 17.7 Å². The van der Waals surface area contributed by atoms with Crippen LogP contribution in [0.2, 0.25) is 0 Å². The molecule has 8 nitrogen and oxygen atoms in total. The van der Waals surface area contributed by atoms with Crippen LogP contribution in [0.5, 0.6) is 0 Å². The van der Waals surface area contributed by atoms with Gasteiger partial charge in [0.1, 0.15) is 0 Å². The van der Waals surface area contributed by atoms with E-state index in [1.54, 1.807) is 18.4 Å². The predicted molar refractivity (Wildman–Crippen MR) is 143 cm³/mol. The summed E-state index contributed by atoms with van der Waals surface area (Å²) in [5.74, 6) is 6.15. The molecule has 3 N–H and O–H groups in total. The van der Waals surface area contributed by atoms with Crippen LogP contribution >= 0.6 is 11.3 Å². The minimum atomic E-state index is -0.244. The van der Waals surface area contributed by atoms with Gasteiger partial charge in [0, 0.05) is 74.9 Å². The third-order valence-corrected chi connectivity index (χ3v) is 7.53. The summed E-state index contributed by atoms with van der Waals surface area (Å²) in [6.45, 7) is 6.78. The lowest BCUT2D eigenvalue weighted by atomic mass is 10.0. The number of H-pyrrole nitrogens is 1. The number of nitrogens with zero attached hydrogens (tertiary/aromatic N) is 3. The van der Waals surface area contributed by atoms with E-state index in [9.17, 15) is 4.79 Å². The summed E-state index contributed by atoms with van der Waals surface area (Å²) < 4.78 is 4.91. The van der Waals surface area contributed by atoms with Crippen LogP contribution in [0.4, 0.5) is 4.79 Å². The van der Waals surface area contributed by atoms with Crippen molar-refractivity contribution in [2.24, 2.45) is 0 Å². The molecule has 2 aromatic heterocycles. The van der Waals surface area contributed by atoms with Gasteiger partial charge in [0.05, 0.1) is 29.4 Å². The maximum absolute atomic E-state index is 11.7. The highest BCUT2D eigenvalue weighted by atomic mass is 32.1. The molecular weight excluding hydrogens is 472 g/mol. The Morgan fingerprint density at radius 1 is 1.22 bits per heavy atom. The van der Waals surface area contributed by atoms with Gasteiger partial charge in [0.2, 0.25) is 0 Å². The molecule has 5 rings (SSSR count). The highest BCUT2D eigenvalue weighted by Crippen LogP contribution is 2.41. The zero-order valence-corrected chi connectivity index (χ0v) is 21.6. The van der Waals surface area contributed by atoms with E-state index in [0.29, 0.717) is 13.2 Å². The van der Waals surface area contributed by atoms with Crippen LogP contribution in [0.25, 0.3) is 22.5 Å². The van der Waals surface area contributed by atoms with Gasteiger partial charge in [-0.2, -0.15) is 5.10 Å². The molecule has 36 heavy (non-hydrogen) atoms. The fourth-order valence-electron chi connectivity index (χ4n) is 4.70. The number of thiophene rings is 1. The molecule has 2 amide bonds. The van der Waals surface area contributed by atoms with E-state index in [4.69, 9.17) is 4.74 Å².